The molecule has 1 fully saturated rings. The Morgan fingerprint density at radius 1 is 1.09 bits per heavy atom. The van der Waals surface area contributed by atoms with E-state index in [9.17, 15) is 4.79 Å². The van der Waals surface area contributed by atoms with Crippen molar-refractivity contribution in [3.8, 4) is 0 Å². The molecule has 5 rings (SSSR count). The molecule has 0 saturated carbocycles. The van der Waals surface area contributed by atoms with E-state index in [1.165, 1.54) is 5.56 Å². The van der Waals surface area contributed by atoms with Gasteiger partial charge in [-0.15, -0.1) is 0 Å². The number of rotatable bonds is 6. The van der Waals surface area contributed by atoms with Crippen LogP contribution in [-0.4, -0.2) is 40.0 Å². The maximum Gasteiger partial charge on any atom is 0.255 e. The minimum absolute atomic E-state index is 0.128. The molecule has 0 bridgehead atoms. The van der Waals surface area contributed by atoms with Crippen molar-refractivity contribution in [2.45, 2.75) is 38.8 Å². The second-order valence-electron chi connectivity index (χ2n) is 9.03. The number of carbonyl (C=O) groups is 1. The summed E-state index contributed by atoms with van der Waals surface area (Å²) in [6.07, 6.45) is 5.35. The Morgan fingerprint density at radius 3 is 2.68 bits per heavy atom. The lowest BCUT2D eigenvalue weighted by molar-refractivity contribution is 0.102. The fourth-order valence-corrected chi connectivity index (χ4v) is 4.57. The van der Waals surface area contributed by atoms with Crippen LogP contribution in [0.15, 0.2) is 67.0 Å². The molecule has 1 unspecified atom stereocenters. The number of benzene rings is 2. The second kappa shape index (κ2) is 9.65. The second-order valence-corrected chi connectivity index (χ2v) is 9.03. The predicted octanol–water partition coefficient (Wildman–Crippen LogP) is 4.84. The number of aromatic nitrogens is 3. The third-order valence-electron chi connectivity index (χ3n) is 6.46. The highest BCUT2D eigenvalue weighted by Gasteiger charge is 2.22. The Hall–Kier alpha value is -3.71. The Labute approximate surface area is 199 Å². The van der Waals surface area contributed by atoms with Crippen molar-refractivity contribution in [1.82, 2.24) is 20.3 Å². The van der Waals surface area contributed by atoms with Crippen LogP contribution >= 0.6 is 0 Å². The number of aromatic amines is 1. The van der Waals surface area contributed by atoms with Gasteiger partial charge < -0.3 is 20.5 Å². The third kappa shape index (κ3) is 4.94. The number of imidazole rings is 1. The Balaban J connectivity index is 1.17. The van der Waals surface area contributed by atoms with Gasteiger partial charge in [-0.2, -0.15) is 0 Å². The van der Waals surface area contributed by atoms with Gasteiger partial charge in [-0.25, -0.2) is 4.98 Å². The standard InChI is InChI=1S/C27H30N6O/c1-18-6-7-24-25(16-18)32-26(31-24)19(2)29-21-10-14-33(15-11-21)23-5-3-4-22(17-23)30-27(34)20-8-12-28-13-9-20/h3-9,12-13,16-17,19,21,29H,10-11,14-15H2,1-2H3,(H,30,34)(H,31,32). The number of nitrogens with one attached hydrogen (secondary N) is 3. The first-order chi connectivity index (χ1) is 16.5. The molecular weight excluding hydrogens is 424 g/mol. The molecule has 1 saturated heterocycles. The highest BCUT2D eigenvalue weighted by atomic mass is 16.1. The number of hydrogen-bond acceptors (Lipinski definition) is 5. The largest absolute Gasteiger partial charge is 0.371 e. The topological polar surface area (TPSA) is 85.9 Å². The molecule has 34 heavy (non-hydrogen) atoms. The zero-order valence-corrected chi connectivity index (χ0v) is 19.6. The van der Waals surface area contributed by atoms with Crippen molar-refractivity contribution in [2.24, 2.45) is 0 Å². The van der Waals surface area contributed by atoms with Crippen LogP contribution < -0.4 is 15.5 Å². The molecule has 7 heteroatoms. The predicted molar refractivity (Wildman–Crippen MR) is 136 cm³/mol. The molecule has 2 aromatic heterocycles. The molecule has 0 spiro atoms. The van der Waals surface area contributed by atoms with E-state index >= 15 is 0 Å². The average Bonchev–Trinajstić information content (AvgIpc) is 3.29. The van der Waals surface area contributed by atoms with Gasteiger partial charge in [-0.1, -0.05) is 12.1 Å². The Bertz CT molecular complexity index is 1280. The van der Waals surface area contributed by atoms with E-state index < -0.39 is 0 Å². The van der Waals surface area contributed by atoms with Gasteiger partial charge in [0.05, 0.1) is 17.1 Å². The summed E-state index contributed by atoms with van der Waals surface area (Å²) in [5.74, 6) is 0.859. The summed E-state index contributed by atoms with van der Waals surface area (Å²) < 4.78 is 0. The van der Waals surface area contributed by atoms with Crippen LogP contribution in [0.5, 0.6) is 0 Å². The minimum Gasteiger partial charge on any atom is -0.371 e. The van der Waals surface area contributed by atoms with E-state index in [0.717, 1.165) is 54.2 Å². The summed E-state index contributed by atoms with van der Waals surface area (Å²) in [4.78, 5) is 27.1. The van der Waals surface area contributed by atoms with Crippen molar-refractivity contribution in [3.05, 3.63) is 83.9 Å². The van der Waals surface area contributed by atoms with Gasteiger partial charge in [0.25, 0.3) is 5.91 Å². The van der Waals surface area contributed by atoms with E-state index in [-0.39, 0.29) is 11.9 Å². The number of carbonyl (C=O) groups excluding carboxylic acids is 1. The zero-order chi connectivity index (χ0) is 23.5. The number of hydrogen-bond donors (Lipinski definition) is 3. The number of H-pyrrole nitrogens is 1. The van der Waals surface area contributed by atoms with Crippen molar-refractivity contribution < 1.29 is 4.79 Å². The summed E-state index contributed by atoms with van der Waals surface area (Å²) in [5.41, 5.74) is 5.87. The highest BCUT2D eigenvalue weighted by Crippen LogP contribution is 2.25. The van der Waals surface area contributed by atoms with Crippen LogP contribution in [0, 0.1) is 6.92 Å². The molecule has 1 atom stereocenters. The van der Waals surface area contributed by atoms with E-state index in [0.29, 0.717) is 11.6 Å². The van der Waals surface area contributed by atoms with Crippen LogP contribution in [0.1, 0.15) is 47.6 Å². The number of aryl methyl sites for hydroxylation is 1. The summed E-state index contributed by atoms with van der Waals surface area (Å²) in [6, 6.07) is 18.4. The molecule has 4 aromatic rings. The molecule has 0 aliphatic carbocycles. The molecular formula is C27H30N6O. The van der Waals surface area contributed by atoms with Gasteiger partial charge in [0.2, 0.25) is 0 Å². The molecule has 0 radical (unpaired) electrons. The van der Waals surface area contributed by atoms with Crippen LogP contribution in [-0.2, 0) is 0 Å². The molecule has 1 aliphatic heterocycles. The maximum absolute atomic E-state index is 12.5. The van der Waals surface area contributed by atoms with Gasteiger partial charge in [0, 0.05) is 48.5 Å². The molecule has 7 nitrogen and oxygen atoms in total. The van der Waals surface area contributed by atoms with Gasteiger partial charge >= 0.3 is 0 Å². The number of amides is 1. The molecule has 2 aromatic carbocycles. The van der Waals surface area contributed by atoms with Crippen LogP contribution in [0.3, 0.4) is 0 Å². The first-order valence-electron chi connectivity index (χ1n) is 11.8. The lowest BCUT2D eigenvalue weighted by Crippen LogP contribution is -2.43. The van der Waals surface area contributed by atoms with Gasteiger partial charge in [0.1, 0.15) is 5.82 Å². The minimum atomic E-state index is -0.128. The number of fused-ring (bicyclic) bond motifs is 1. The molecule has 174 valence electrons. The maximum atomic E-state index is 12.5. The zero-order valence-electron chi connectivity index (χ0n) is 19.6. The number of nitrogens with zero attached hydrogens (tertiary/aromatic N) is 3. The first-order valence-corrected chi connectivity index (χ1v) is 11.8. The Kier molecular flexibility index (Phi) is 6.27. The van der Waals surface area contributed by atoms with Crippen LogP contribution in [0.25, 0.3) is 11.0 Å². The average molecular weight is 455 g/mol. The number of anilines is 2. The van der Waals surface area contributed by atoms with Crippen molar-refractivity contribution in [2.75, 3.05) is 23.3 Å². The summed E-state index contributed by atoms with van der Waals surface area (Å²) in [6.45, 7) is 6.20. The van der Waals surface area contributed by atoms with E-state index in [1.807, 2.05) is 18.2 Å². The highest BCUT2D eigenvalue weighted by molar-refractivity contribution is 6.04. The van der Waals surface area contributed by atoms with E-state index in [4.69, 9.17) is 4.98 Å². The van der Waals surface area contributed by atoms with Crippen LogP contribution in [0.4, 0.5) is 11.4 Å². The van der Waals surface area contributed by atoms with Crippen molar-refractivity contribution in [1.29, 1.82) is 0 Å². The Morgan fingerprint density at radius 2 is 1.88 bits per heavy atom. The van der Waals surface area contributed by atoms with E-state index in [1.54, 1.807) is 24.5 Å². The molecule has 1 aliphatic rings. The summed E-state index contributed by atoms with van der Waals surface area (Å²) in [5, 5.41) is 6.74. The molecule has 3 N–H and O–H groups in total. The van der Waals surface area contributed by atoms with Crippen molar-refractivity contribution in [3.63, 3.8) is 0 Å². The molecule has 1 amide bonds. The van der Waals surface area contributed by atoms with Gasteiger partial charge in [-0.05, 0) is 74.7 Å². The third-order valence-corrected chi connectivity index (χ3v) is 6.46. The summed E-state index contributed by atoms with van der Waals surface area (Å²) >= 11 is 0. The lowest BCUT2D eigenvalue weighted by atomic mass is 10.0. The van der Waals surface area contributed by atoms with Crippen LogP contribution in [0.2, 0.25) is 0 Å². The lowest BCUT2D eigenvalue weighted by Gasteiger charge is -2.35. The van der Waals surface area contributed by atoms with E-state index in [2.05, 4.69) is 63.6 Å². The SMILES string of the molecule is Cc1ccc2nc(C(C)NC3CCN(c4cccc(NC(=O)c5ccncc5)c4)CC3)[nH]c2c1. The van der Waals surface area contributed by atoms with Crippen molar-refractivity contribution >= 4 is 28.3 Å². The number of pyridine rings is 1. The fourth-order valence-electron chi connectivity index (χ4n) is 4.57. The summed E-state index contributed by atoms with van der Waals surface area (Å²) in [7, 11) is 0. The monoisotopic (exact) mass is 454 g/mol. The van der Waals surface area contributed by atoms with Gasteiger partial charge in [0.15, 0.2) is 0 Å². The number of piperidine rings is 1. The normalized spacial score (nSPS) is 15.4. The molecule has 3 heterocycles. The fraction of sp³-hybridized carbons (Fsp3) is 0.296. The first kappa shape index (κ1) is 22.1. The quantitative estimate of drug-likeness (QED) is 0.388. The smallest absolute Gasteiger partial charge is 0.255 e. The van der Waals surface area contributed by atoms with Gasteiger partial charge in [-0.3, -0.25) is 9.78 Å².